The van der Waals surface area contributed by atoms with Gasteiger partial charge in [0.25, 0.3) is 0 Å². The molecular formula is C9H9NO. The normalized spacial score (nSPS) is 11.6. The molecule has 0 aliphatic carbocycles. The average Bonchev–Trinajstić information content (AvgIpc) is 2.06. The lowest BCUT2D eigenvalue weighted by atomic mass is 10.3. The van der Waals surface area contributed by atoms with Gasteiger partial charge in [0.15, 0.2) is 6.10 Å². The Balaban J connectivity index is 2.60. The second-order valence-corrected chi connectivity index (χ2v) is 2.20. The fraction of sp³-hybridized carbons (Fsp3) is 0.222. The van der Waals surface area contributed by atoms with E-state index in [1.807, 2.05) is 36.4 Å². The summed E-state index contributed by atoms with van der Waals surface area (Å²) in [7, 11) is 0. The number of ether oxygens (including phenoxy) is 1. The van der Waals surface area contributed by atoms with Crippen LogP contribution in [0.15, 0.2) is 30.3 Å². The maximum absolute atomic E-state index is 8.42. The maximum Gasteiger partial charge on any atom is 0.181 e. The summed E-state index contributed by atoms with van der Waals surface area (Å²) in [6, 6.07) is 11.3. The third-order valence-electron chi connectivity index (χ3n) is 1.24. The first kappa shape index (κ1) is 7.62. The number of nitriles is 1. The van der Waals surface area contributed by atoms with Gasteiger partial charge in [0.2, 0.25) is 0 Å². The van der Waals surface area contributed by atoms with Crippen LogP contribution in [0.5, 0.6) is 5.75 Å². The van der Waals surface area contributed by atoms with Gasteiger partial charge in [-0.2, -0.15) is 5.26 Å². The Bertz CT molecular complexity index is 250. The Hall–Kier alpha value is -1.49. The van der Waals surface area contributed by atoms with E-state index < -0.39 is 0 Å². The Morgan fingerprint density at radius 1 is 1.36 bits per heavy atom. The third kappa shape index (κ3) is 2.30. The highest BCUT2D eigenvalue weighted by atomic mass is 16.5. The molecule has 0 aliphatic heterocycles. The van der Waals surface area contributed by atoms with Crippen molar-refractivity contribution in [3.63, 3.8) is 0 Å². The predicted molar refractivity (Wildman–Crippen MR) is 42.1 cm³/mol. The molecule has 0 N–H and O–H groups in total. The fourth-order valence-electron chi connectivity index (χ4n) is 0.730. The number of benzene rings is 1. The van der Waals surface area contributed by atoms with Gasteiger partial charge in [-0.15, -0.1) is 0 Å². The van der Waals surface area contributed by atoms with Gasteiger partial charge >= 0.3 is 0 Å². The summed E-state index contributed by atoms with van der Waals surface area (Å²) in [5, 5.41) is 8.42. The summed E-state index contributed by atoms with van der Waals surface area (Å²) in [6.07, 6.45) is -0.377. The van der Waals surface area contributed by atoms with Crippen molar-refractivity contribution in [2.24, 2.45) is 0 Å². The predicted octanol–water partition coefficient (Wildman–Crippen LogP) is 1.98. The maximum atomic E-state index is 8.42. The molecule has 0 aliphatic rings. The molecule has 0 heterocycles. The molecule has 1 aromatic rings. The Labute approximate surface area is 66.0 Å². The summed E-state index contributed by atoms with van der Waals surface area (Å²) >= 11 is 0. The van der Waals surface area contributed by atoms with E-state index in [0.717, 1.165) is 5.75 Å². The van der Waals surface area contributed by atoms with Crippen molar-refractivity contribution < 1.29 is 4.74 Å². The van der Waals surface area contributed by atoms with Crippen LogP contribution >= 0.6 is 0 Å². The molecule has 0 fully saturated rings. The molecule has 1 unspecified atom stereocenters. The molecule has 0 radical (unpaired) electrons. The average molecular weight is 147 g/mol. The minimum absolute atomic E-state index is 0.377. The minimum Gasteiger partial charge on any atom is -0.476 e. The smallest absolute Gasteiger partial charge is 0.181 e. The van der Waals surface area contributed by atoms with Crippen LogP contribution in [0.2, 0.25) is 0 Å². The van der Waals surface area contributed by atoms with Gasteiger partial charge in [-0.25, -0.2) is 0 Å². The fourth-order valence-corrected chi connectivity index (χ4v) is 0.730. The lowest BCUT2D eigenvalue weighted by Crippen LogP contribution is -2.07. The standard InChI is InChI=1S/C9H9NO/c1-8(7-10)11-9-5-3-2-4-6-9/h2-6,8H,1H3. The highest BCUT2D eigenvalue weighted by molar-refractivity contribution is 5.21. The van der Waals surface area contributed by atoms with E-state index in [9.17, 15) is 0 Å². The van der Waals surface area contributed by atoms with Gasteiger partial charge in [-0.1, -0.05) is 18.2 Å². The molecule has 0 saturated heterocycles. The molecule has 0 aromatic heterocycles. The molecule has 1 atom stereocenters. The number of para-hydroxylation sites is 1. The van der Waals surface area contributed by atoms with Crippen molar-refractivity contribution >= 4 is 0 Å². The number of hydrogen-bond donors (Lipinski definition) is 0. The Morgan fingerprint density at radius 3 is 2.55 bits per heavy atom. The van der Waals surface area contributed by atoms with Gasteiger partial charge in [-0.05, 0) is 19.1 Å². The summed E-state index contributed by atoms with van der Waals surface area (Å²) < 4.78 is 5.20. The molecule has 1 rings (SSSR count). The van der Waals surface area contributed by atoms with Crippen LogP contribution in [0.3, 0.4) is 0 Å². The van der Waals surface area contributed by atoms with Crippen molar-refractivity contribution in [3.8, 4) is 11.8 Å². The molecule has 56 valence electrons. The number of nitrogens with zero attached hydrogens (tertiary/aromatic N) is 1. The monoisotopic (exact) mass is 147 g/mol. The molecule has 0 bridgehead atoms. The van der Waals surface area contributed by atoms with Crippen LogP contribution < -0.4 is 4.74 Å². The molecule has 0 saturated carbocycles. The van der Waals surface area contributed by atoms with E-state index in [-0.39, 0.29) is 6.10 Å². The molecular weight excluding hydrogens is 138 g/mol. The van der Waals surface area contributed by atoms with E-state index in [4.69, 9.17) is 10.00 Å². The van der Waals surface area contributed by atoms with Crippen molar-refractivity contribution in [2.75, 3.05) is 0 Å². The van der Waals surface area contributed by atoms with E-state index in [1.54, 1.807) is 6.92 Å². The Morgan fingerprint density at radius 2 is 2.00 bits per heavy atom. The topological polar surface area (TPSA) is 33.0 Å². The highest BCUT2D eigenvalue weighted by Gasteiger charge is 1.98. The SMILES string of the molecule is CC(C#N)Oc1ccccc1. The van der Waals surface area contributed by atoms with Gasteiger partial charge in [0.05, 0.1) is 0 Å². The van der Waals surface area contributed by atoms with Crippen molar-refractivity contribution in [3.05, 3.63) is 30.3 Å². The van der Waals surface area contributed by atoms with Gasteiger partial charge in [-0.3, -0.25) is 0 Å². The first-order valence-electron chi connectivity index (χ1n) is 3.44. The van der Waals surface area contributed by atoms with E-state index in [0.29, 0.717) is 0 Å². The zero-order valence-electron chi connectivity index (χ0n) is 6.32. The van der Waals surface area contributed by atoms with Gasteiger partial charge in [0.1, 0.15) is 11.8 Å². The van der Waals surface area contributed by atoms with E-state index in [1.165, 1.54) is 0 Å². The summed E-state index contributed by atoms with van der Waals surface area (Å²) in [5.41, 5.74) is 0. The van der Waals surface area contributed by atoms with Crippen LogP contribution in [0, 0.1) is 11.3 Å². The first-order chi connectivity index (χ1) is 5.33. The second-order valence-electron chi connectivity index (χ2n) is 2.20. The lowest BCUT2D eigenvalue weighted by Gasteiger charge is -2.05. The molecule has 2 nitrogen and oxygen atoms in total. The van der Waals surface area contributed by atoms with Crippen molar-refractivity contribution in [2.45, 2.75) is 13.0 Å². The largest absolute Gasteiger partial charge is 0.476 e. The summed E-state index contributed by atoms with van der Waals surface area (Å²) in [5.74, 6) is 0.738. The molecule has 1 aromatic carbocycles. The molecule has 0 spiro atoms. The highest BCUT2D eigenvalue weighted by Crippen LogP contribution is 2.09. The molecule has 0 amide bonds. The summed E-state index contributed by atoms with van der Waals surface area (Å²) in [4.78, 5) is 0. The van der Waals surface area contributed by atoms with Crippen LogP contribution in [-0.4, -0.2) is 6.10 Å². The lowest BCUT2D eigenvalue weighted by molar-refractivity contribution is 0.276. The van der Waals surface area contributed by atoms with E-state index >= 15 is 0 Å². The third-order valence-corrected chi connectivity index (χ3v) is 1.24. The molecule has 11 heavy (non-hydrogen) atoms. The number of hydrogen-bond acceptors (Lipinski definition) is 2. The van der Waals surface area contributed by atoms with Crippen LogP contribution in [0.4, 0.5) is 0 Å². The van der Waals surface area contributed by atoms with E-state index in [2.05, 4.69) is 0 Å². The minimum atomic E-state index is -0.377. The van der Waals surface area contributed by atoms with Gasteiger partial charge in [0, 0.05) is 0 Å². The van der Waals surface area contributed by atoms with Crippen LogP contribution in [0.1, 0.15) is 6.92 Å². The van der Waals surface area contributed by atoms with Gasteiger partial charge < -0.3 is 4.74 Å². The first-order valence-corrected chi connectivity index (χ1v) is 3.44. The van der Waals surface area contributed by atoms with Crippen molar-refractivity contribution in [1.82, 2.24) is 0 Å². The summed E-state index contributed by atoms with van der Waals surface area (Å²) in [6.45, 7) is 1.72. The zero-order chi connectivity index (χ0) is 8.10. The zero-order valence-corrected chi connectivity index (χ0v) is 6.32. The van der Waals surface area contributed by atoms with Crippen molar-refractivity contribution in [1.29, 1.82) is 5.26 Å². The Kier molecular flexibility index (Phi) is 2.51. The van der Waals surface area contributed by atoms with Crippen LogP contribution in [0.25, 0.3) is 0 Å². The number of rotatable bonds is 2. The van der Waals surface area contributed by atoms with Crippen LogP contribution in [-0.2, 0) is 0 Å². The second kappa shape index (κ2) is 3.62. The molecule has 2 heteroatoms. The quantitative estimate of drug-likeness (QED) is 0.640.